The first-order chi connectivity index (χ1) is 13.1. The standard InChI is InChI=1S/C21H35N3O3S/c1-16(2)6-8-19(5)22-21(25)15-23-10-12-24(13-11-23)28(26,27)20-9-7-17(3)14-18(20)4/h7,9,14,16,19H,6,8,10-13,15H2,1-5H3,(H,22,25)/p+1. The van der Waals surface area contributed by atoms with E-state index in [1.165, 1.54) is 0 Å². The van der Waals surface area contributed by atoms with Crippen LogP contribution in [-0.2, 0) is 14.8 Å². The van der Waals surface area contributed by atoms with Gasteiger partial charge < -0.3 is 10.2 Å². The Kier molecular flexibility index (Phi) is 8.04. The number of carbonyl (C=O) groups excluding carboxylic acids is 1. The highest BCUT2D eigenvalue weighted by molar-refractivity contribution is 7.89. The smallest absolute Gasteiger partial charge is 0.275 e. The molecule has 158 valence electrons. The summed E-state index contributed by atoms with van der Waals surface area (Å²) in [6.07, 6.45) is 2.09. The number of piperazine rings is 1. The molecule has 7 heteroatoms. The van der Waals surface area contributed by atoms with Gasteiger partial charge in [-0.05, 0) is 51.2 Å². The third-order valence-electron chi connectivity index (χ3n) is 5.37. The zero-order valence-electron chi connectivity index (χ0n) is 17.9. The van der Waals surface area contributed by atoms with Gasteiger partial charge in [0, 0.05) is 6.04 Å². The molecule has 1 unspecified atom stereocenters. The molecule has 0 saturated carbocycles. The van der Waals surface area contributed by atoms with Gasteiger partial charge in [0.1, 0.15) is 0 Å². The molecule has 1 aromatic rings. The van der Waals surface area contributed by atoms with Crippen LogP contribution in [0.25, 0.3) is 0 Å². The maximum absolute atomic E-state index is 13.0. The van der Waals surface area contributed by atoms with Gasteiger partial charge in [-0.15, -0.1) is 0 Å². The fourth-order valence-corrected chi connectivity index (χ4v) is 5.30. The Hall–Kier alpha value is -1.44. The van der Waals surface area contributed by atoms with Crippen LogP contribution in [0.15, 0.2) is 23.1 Å². The molecule has 0 spiro atoms. The molecule has 1 aliphatic heterocycles. The highest BCUT2D eigenvalue weighted by atomic mass is 32.2. The van der Waals surface area contributed by atoms with Gasteiger partial charge in [-0.25, -0.2) is 8.42 Å². The molecule has 0 aromatic heterocycles. The van der Waals surface area contributed by atoms with Crippen LogP contribution in [0.4, 0.5) is 0 Å². The van der Waals surface area contributed by atoms with Crippen molar-refractivity contribution in [3.63, 3.8) is 0 Å². The molecule has 2 rings (SSSR count). The van der Waals surface area contributed by atoms with Gasteiger partial charge in [0.05, 0.1) is 31.1 Å². The summed E-state index contributed by atoms with van der Waals surface area (Å²) in [5, 5.41) is 3.07. The van der Waals surface area contributed by atoms with Gasteiger partial charge >= 0.3 is 0 Å². The molecule has 0 bridgehead atoms. The van der Waals surface area contributed by atoms with Crippen molar-refractivity contribution in [3.8, 4) is 0 Å². The Morgan fingerprint density at radius 1 is 1.14 bits per heavy atom. The number of quaternary nitrogens is 1. The monoisotopic (exact) mass is 410 g/mol. The number of sulfonamides is 1. The molecular formula is C21H36N3O3S+. The molecule has 0 radical (unpaired) electrons. The largest absolute Gasteiger partial charge is 0.349 e. The first-order valence-electron chi connectivity index (χ1n) is 10.3. The summed E-state index contributed by atoms with van der Waals surface area (Å²) >= 11 is 0. The fraction of sp³-hybridized carbons (Fsp3) is 0.667. The highest BCUT2D eigenvalue weighted by Gasteiger charge is 2.32. The second kappa shape index (κ2) is 9.85. The van der Waals surface area contributed by atoms with Crippen molar-refractivity contribution in [2.45, 2.75) is 58.4 Å². The SMILES string of the molecule is Cc1ccc(S(=O)(=O)N2CC[NH+](CC(=O)NC(C)CCC(C)C)CC2)c(C)c1. The van der Waals surface area contributed by atoms with Gasteiger partial charge in [0.25, 0.3) is 5.91 Å². The van der Waals surface area contributed by atoms with Crippen LogP contribution in [0, 0.1) is 19.8 Å². The van der Waals surface area contributed by atoms with Crippen molar-refractivity contribution in [3.05, 3.63) is 29.3 Å². The van der Waals surface area contributed by atoms with E-state index in [0.29, 0.717) is 43.5 Å². The first kappa shape index (κ1) is 22.8. The van der Waals surface area contributed by atoms with Crippen LogP contribution in [0.5, 0.6) is 0 Å². The summed E-state index contributed by atoms with van der Waals surface area (Å²) in [5.74, 6) is 0.689. The van der Waals surface area contributed by atoms with Crippen LogP contribution >= 0.6 is 0 Å². The second-order valence-corrected chi connectivity index (χ2v) is 10.4. The highest BCUT2D eigenvalue weighted by Crippen LogP contribution is 2.20. The Labute approximate surface area is 170 Å². The van der Waals surface area contributed by atoms with Crippen LogP contribution in [0.1, 0.15) is 44.7 Å². The number of benzene rings is 1. The molecule has 1 saturated heterocycles. The van der Waals surface area contributed by atoms with Crippen molar-refractivity contribution in [1.29, 1.82) is 0 Å². The number of nitrogens with zero attached hydrogens (tertiary/aromatic N) is 1. The van der Waals surface area contributed by atoms with E-state index in [2.05, 4.69) is 19.2 Å². The lowest BCUT2D eigenvalue weighted by molar-refractivity contribution is -0.895. The first-order valence-corrected chi connectivity index (χ1v) is 11.7. The Bertz CT molecular complexity index is 769. The average molecular weight is 411 g/mol. The van der Waals surface area contributed by atoms with E-state index in [1.54, 1.807) is 10.4 Å². The summed E-state index contributed by atoms with van der Waals surface area (Å²) in [5.41, 5.74) is 1.84. The lowest BCUT2D eigenvalue weighted by Gasteiger charge is -2.31. The van der Waals surface area contributed by atoms with E-state index in [9.17, 15) is 13.2 Å². The molecule has 1 amide bonds. The van der Waals surface area contributed by atoms with Crippen molar-refractivity contribution < 1.29 is 18.1 Å². The number of nitrogens with one attached hydrogen (secondary N) is 2. The summed E-state index contributed by atoms with van der Waals surface area (Å²) in [7, 11) is -3.48. The molecule has 6 nitrogen and oxygen atoms in total. The van der Waals surface area contributed by atoms with Gasteiger partial charge in [0.2, 0.25) is 10.0 Å². The molecule has 1 aromatic carbocycles. The van der Waals surface area contributed by atoms with E-state index >= 15 is 0 Å². The van der Waals surface area contributed by atoms with Crippen molar-refractivity contribution in [1.82, 2.24) is 9.62 Å². The van der Waals surface area contributed by atoms with Gasteiger partial charge in [-0.3, -0.25) is 4.79 Å². The number of hydrogen-bond acceptors (Lipinski definition) is 3. The lowest BCUT2D eigenvalue weighted by Crippen LogP contribution is -3.15. The predicted molar refractivity (Wildman–Crippen MR) is 112 cm³/mol. The normalized spacial score (nSPS) is 17.6. The van der Waals surface area contributed by atoms with Crippen LogP contribution < -0.4 is 10.2 Å². The van der Waals surface area contributed by atoms with Crippen molar-refractivity contribution in [2.75, 3.05) is 32.7 Å². The lowest BCUT2D eigenvalue weighted by atomic mass is 10.0. The zero-order chi connectivity index (χ0) is 20.9. The molecule has 0 aliphatic carbocycles. The topological polar surface area (TPSA) is 70.9 Å². The fourth-order valence-electron chi connectivity index (χ4n) is 3.66. The number of aryl methyl sites for hydroxylation is 2. The Balaban J connectivity index is 1.86. The number of hydrogen-bond donors (Lipinski definition) is 2. The Morgan fingerprint density at radius 3 is 2.36 bits per heavy atom. The van der Waals surface area contributed by atoms with E-state index < -0.39 is 10.0 Å². The quantitative estimate of drug-likeness (QED) is 0.675. The van der Waals surface area contributed by atoms with Gasteiger partial charge in [-0.1, -0.05) is 31.5 Å². The molecule has 28 heavy (non-hydrogen) atoms. The second-order valence-electron chi connectivity index (χ2n) is 8.54. The number of carbonyl (C=O) groups is 1. The zero-order valence-corrected chi connectivity index (χ0v) is 18.7. The minimum absolute atomic E-state index is 0.0527. The van der Waals surface area contributed by atoms with E-state index in [-0.39, 0.29) is 11.9 Å². The maximum Gasteiger partial charge on any atom is 0.275 e. The summed E-state index contributed by atoms with van der Waals surface area (Å²) in [4.78, 5) is 13.8. The maximum atomic E-state index is 13.0. The molecule has 1 atom stereocenters. The summed E-state index contributed by atoms with van der Waals surface area (Å²) < 4.78 is 27.5. The van der Waals surface area contributed by atoms with E-state index in [1.807, 2.05) is 32.9 Å². The van der Waals surface area contributed by atoms with E-state index in [0.717, 1.165) is 28.9 Å². The van der Waals surface area contributed by atoms with Gasteiger partial charge in [-0.2, -0.15) is 4.31 Å². The van der Waals surface area contributed by atoms with Crippen LogP contribution in [0.3, 0.4) is 0 Å². The van der Waals surface area contributed by atoms with Crippen LogP contribution in [0.2, 0.25) is 0 Å². The van der Waals surface area contributed by atoms with Crippen molar-refractivity contribution in [2.24, 2.45) is 5.92 Å². The van der Waals surface area contributed by atoms with Crippen molar-refractivity contribution >= 4 is 15.9 Å². The average Bonchev–Trinajstić information content (AvgIpc) is 2.60. The van der Waals surface area contributed by atoms with Gasteiger partial charge in [0.15, 0.2) is 6.54 Å². The molecule has 1 fully saturated rings. The minimum Gasteiger partial charge on any atom is -0.349 e. The molecule has 1 heterocycles. The number of amides is 1. The third kappa shape index (κ3) is 6.29. The Morgan fingerprint density at radius 2 is 1.79 bits per heavy atom. The molecule has 1 aliphatic rings. The molecular weight excluding hydrogens is 374 g/mol. The van der Waals surface area contributed by atoms with E-state index in [4.69, 9.17) is 0 Å². The summed E-state index contributed by atoms with van der Waals surface area (Å²) in [6.45, 7) is 12.8. The molecule has 2 N–H and O–H groups in total. The third-order valence-corrected chi connectivity index (χ3v) is 7.43. The summed E-state index contributed by atoms with van der Waals surface area (Å²) in [6, 6.07) is 5.62. The minimum atomic E-state index is -3.48. The number of rotatable bonds is 8. The predicted octanol–water partition coefficient (Wildman–Crippen LogP) is 1.13. The van der Waals surface area contributed by atoms with Crippen LogP contribution in [-0.4, -0.2) is 57.4 Å².